The average Bonchev–Trinajstić information content (AvgIpc) is 3.45. The summed E-state index contributed by atoms with van der Waals surface area (Å²) in [6.07, 6.45) is 0.815. The van der Waals surface area contributed by atoms with E-state index in [4.69, 9.17) is 34.2 Å². The summed E-state index contributed by atoms with van der Waals surface area (Å²) in [5.41, 5.74) is 11.2. The van der Waals surface area contributed by atoms with Gasteiger partial charge in [-0.15, -0.1) is 0 Å². The molecule has 1 amide bonds. The average molecular weight is 775 g/mol. The van der Waals surface area contributed by atoms with Gasteiger partial charge >= 0.3 is 5.97 Å². The van der Waals surface area contributed by atoms with Gasteiger partial charge in [0, 0.05) is 68.9 Å². The highest BCUT2D eigenvalue weighted by atomic mass is 16.6. The summed E-state index contributed by atoms with van der Waals surface area (Å²) in [5, 5.41) is 6.17. The molecule has 4 N–H and O–H groups in total. The molecule has 1 saturated heterocycles. The second-order valence-electron chi connectivity index (χ2n) is 15.6. The molecule has 0 bridgehead atoms. The normalized spacial score (nSPS) is 19.4. The third-order valence-electron chi connectivity index (χ3n) is 10.6. The van der Waals surface area contributed by atoms with E-state index in [1.807, 2.05) is 62.4 Å². The minimum Gasteiger partial charge on any atom is -0.496 e. The number of ether oxygens (including phenoxy) is 6. The smallest absolute Gasteiger partial charge is 0.329 e. The first kappa shape index (κ1) is 42.9. The van der Waals surface area contributed by atoms with Crippen LogP contribution < -0.4 is 30.7 Å². The third-order valence-corrected chi connectivity index (χ3v) is 10.6. The number of fused-ring (bicyclic) bond motifs is 1. The highest BCUT2D eigenvalue weighted by molar-refractivity contribution is 5.85. The van der Waals surface area contributed by atoms with Gasteiger partial charge in [0.1, 0.15) is 23.6 Å². The van der Waals surface area contributed by atoms with Crippen LogP contribution in [0.5, 0.6) is 11.5 Å². The van der Waals surface area contributed by atoms with E-state index in [1.54, 1.807) is 14.2 Å². The molecule has 2 aliphatic rings. The fraction of sp³-hybridized carbons (Fsp3) is 0.545. The highest BCUT2D eigenvalue weighted by Gasteiger charge is 2.40. The van der Waals surface area contributed by atoms with Crippen molar-refractivity contribution >= 4 is 17.6 Å². The number of nitrogens with one attached hydrogen (secondary N) is 2. The van der Waals surface area contributed by atoms with Gasteiger partial charge in [0.05, 0.1) is 46.2 Å². The Bertz CT molecular complexity index is 1700. The molecule has 56 heavy (non-hydrogen) atoms. The molecule has 0 aliphatic carbocycles. The van der Waals surface area contributed by atoms with Crippen LogP contribution in [-0.4, -0.2) is 96.9 Å². The number of nitrogens with zero attached hydrogens (tertiary/aromatic N) is 1. The fourth-order valence-corrected chi connectivity index (χ4v) is 7.61. The number of nitrogens with two attached hydrogens (primary N) is 1. The first-order valence-electron chi connectivity index (χ1n) is 19.9. The van der Waals surface area contributed by atoms with Crippen LogP contribution in [0.3, 0.4) is 0 Å². The third kappa shape index (κ3) is 11.4. The lowest BCUT2D eigenvalue weighted by Gasteiger charge is -2.39. The summed E-state index contributed by atoms with van der Waals surface area (Å²) >= 11 is 0. The van der Waals surface area contributed by atoms with E-state index >= 15 is 0 Å². The van der Waals surface area contributed by atoms with Crippen molar-refractivity contribution in [2.24, 2.45) is 11.7 Å². The van der Waals surface area contributed by atoms with Crippen LogP contribution in [0.2, 0.25) is 0 Å². The summed E-state index contributed by atoms with van der Waals surface area (Å²) in [6.45, 7) is 13.6. The quantitative estimate of drug-likeness (QED) is 0.0984. The van der Waals surface area contributed by atoms with Crippen molar-refractivity contribution in [1.29, 1.82) is 0 Å². The Balaban J connectivity index is 1.27. The van der Waals surface area contributed by atoms with Gasteiger partial charge in [-0.05, 0) is 53.3 Å². The van der Waals surface area contributed by atoms with Gasteiger partial charge in [0.2, 0.25) is 5.91 Å². The maximum absolute atomic E-state index is 13.6. The molecule has 12 heteroatoms. The molecule has 4 atom stereocenters. The Hall–Kier alpha value is -4.20. The standard InChI is InChI=1S/C44H62N4O8/c1-30(2)42(47-40(49)24-45)43(50)56-39-26-46-25-38(55-27-31-13-18-35-36(23-31)48(19-9-20-51-5)29-44(35,3)4)41(39)32-14-16-34(17-15-32)54-22-10-21-53-28-33-11-7-8-12-37(33)52-6/h7-8,11-18,23,30,38-39,41-42,46H,9-10,19-22,24-29,45H2,1-6H3,(H,47,49)/t38-,39+,41+,42-/m0/s1. The van der Waals surface area contributed by atoms with E-state index in [1.165, 1.54) is 11.3 Å². The number of benzene rings is 3. The first-order valence-corrected chi connectivity index (χ1v) is 19.9. The second-order valence-corrected chi connectivity index (χ2v) is 15.6. The number of rotatable bonds is 21. The van der Waals surface area contributed by atoms with Crippen LogP contribution in [0.1, 0.15) is 68.7 Å². The minimum absolute atomic E-state index is 0.0510. The van der Waals surface area contributed by atoms with E-state index < -0.39 is 24.0 Å². The summed E-state index contributed by atoms with van der Waals surface area (Å²) in [5.74, 6) is 0.166. The topological polar surface area (TPSA) is 143 Å². The number of piperidine rings is 1. The van der Waals surface area contributed by atoms with Gasteiger partial charge < -0.3 is 49.7 Å². The van der Waals surface area contributed by atoms with Crippen LogP contribution in [-0.2, 0) is 47.2 Å². The molecule has 0 radical (unpaired) electrons. The molecule has 1 fully saturated rings. The van der Waals surface area contributed by atoms with E-state index in [-0.39, 0.29) is 29.9 Å². The molecule has 0 spiro atoms. The number of methoxy groups -OCH3 is 2. The number of hydrogen-bond acceptors (Lipinski definition) is 11. The van der Waals surface area contributed by atoms with E-state index in [9.17, 15) is 9.59 Å². The van der Waals surface area contributed by atoms with Gasteiger partial charge in [0.15, 0.2) is 0 Å². The van der Waals surface area contributed by atoms with Crippen LogP contribution in [0.15, 0.2) is 66.7 Å². The number of esters is 1. The zero-order chi connectivity index (χ0) is 40.1. The molecule has 3 aromatic rings. The summed E-state index contributed by atoms with van der Waals surface area (Å²) in [7, 11) is 3.40. The predicted molar refractivity (Wildman–Crippen MR) is 217 cm³/mol. The van der Waals surface area contributed by atoms with E-state index in [0.717, 1.165) is 60.7 Å². The number of carbonyl (C=O) groups is 2. The highest BCUT2D eigenvalue weighted by Crippen LogP contribution is 2.41. The number of hydrogen-bond donors (Lipinski definition) is 3. The number of carbonyl (C=O) groups excluding carboxylic acids is 2. The summed E-state index contributed by atoms with van der Waals surface area (Å²) in [6, 6.07) is 21.6. The molecule has 12 nitrogen and oxygen atoms in total. The molecule has 0 aromatic heterocycles. The minimum atomic E-state index is -0.829. The molecular formula is C44H62N4O8. The van der Waals surface area contributed by atoms with Crippen LogP contribution in [0.25, 0.3) is 0 Å². The molecular weight excluding hydrogens is 713 g/mol. The monoisotopic (exact) mass is 774 g/mol. The Labute approximate surface area is 332 Å². The first-order chi connectivity index (χ1) is 27.0. The SMILES string of the molecule is COCCCN1CC(C)(C)c2ccc(CO[C@H]3CNC[C@@H](OC(=O)[C@@H](NC(=O)CN)C(C)C)[C@@H]3c3ccc(OCCCOCc4ccccc4OC)cc3)cc21. The molecule has 0 saturated carbocycles. The van der Waals surface area contributed by atoms with Gasteiger partial charge in [-0.1, -0.05) is 70.2 Å². The molecule has 0 unspecified atom stereocenters. The van der Waals surface area contributed by atoms with Gasteiger partial charge in [-0.3, -0.25) is 4.79 Å². The Morgan fingerprint density at radius 1 is 0.946 bits per heavy atom. The van der Waals surface area contributed by atoms with Crippen molar-refractivity contribution in [2.75, 3.05) is 71.7 Å². The second kappa shape index (κ2) is 20.8. The maximum Gasteiger partial charge on any atom is 0.329 e. The maximum atomic E-state index is 13.6. The number of anilines is 1. The van der Waals surface area contributed by atoms with Crippen molar-refractivity contribution in [3.63, 3.8) is 0 Å². The van der Waals surface area contributed by atoms with E-state index in [0.29, 0.717) is 39.5 Å². The van der Waals surface area contributed by atoms with Crippen molar-refractivity contribution < 1.29 is 38.0 Å². The Morgan fingerprint density at radius 3 is 2.45 bits per heavy atom. The van der Waals surface area contributed by atoms with Crippen LogP contribution in [0, 0.1) is 5.92 Å². The van der Waals surface area contributed by atoms with Crippen LogP contribution in [0.4, 0.5) is 5.69 Å². The van der Waals surface area contributed by atoms with Crippen molar-refractivity contribution in [3.8, 4) is 11.5 Å². The van der Waals surface area contributed by atoms with Crippen molar-refractivity contribution in [1.82, 2.24) is 10.6 Å². The zero-order valence-corrected chi connectivity index (χ0v) is 34.0. The van der Waals surface area contributed by atoms with Gasteiger partial charge in [-0.25, -0.2) is 4.79 Å². The zero-order valence-electron chi connectivity index (χ0n) is 34.0. The number of para-hydroxylation sites is 1. The molecule has 5 rings (SSSR count). The van der Waals surface area contributed by atoms with Crippen molar-refractivity contribution in [3.05, 3.63) is 89.0 Å². The predicted octanol–water partition coefficient (Wildman–Crippen LogP) is 5.10. The van der Waals surface area contributed by atoms with Crippen LogP contribution >= 0.6 is 0 Å². The molecule has 2 heterocycles. The Kier molecular flexibility index (Phi) is 16.0. The molecule has 3 aromatic carbocycles. The van der Waals surface area contributed by atoms with Crippen molar-refractivity contribution in [2.45, 2.75) is 83.3 Å². The largest absolute Gasteiger partial charge is 0.496 e. The lowest BCUT2D eigenvalue weighted by molar-refractivity contribution is -0.159. The van der Waals surface area contributed by atoms with Gasteiger partial charge in [-0.2, -0.15) is 0 Å². The van der Waals surface area contributed by atoms with Gasteiger partial charge in [0.25, 0.3) is 0 Å². The summed E-state index contributed by atoms with van der Waals surface area (Å²) < 4.78 is 35.6. The lowest BCUT2D eigenvalue weighted by atomic mass is 9.85. The van der Waals surface area contributed by atoms with E-state index in [2.05, 4.69) is 47.6 Å². The fourth-order valence-electron chi connectivity index (χ4n) is 7.61. The number of amides is 1. The Morgan fingerprint density at radius 2 is 1.71 bits per heavy atom. The summed E-state index contributed by atoms with van der Waals surface area (Å²) in [4.78, 5) is 28.3. The lowest BCUT2D eigenvalue weighted by Crippen LogP contribution is -2.54. The molecule has 306 valence electrons. The molecule has 2 aliphatic heterocycles.